The van der Waals surface area contributed by atoms with Crippen LogP contribution in [0.15, 0.2) is 203 Å². The quantitative estimate of drug-likeness (QED) is 0.168. The van der Waals surface area contributed by atoms with E-state index in [-0.39, 0.29) is 0 Å². The van der Waals surface area contributed by atoms with Crippen LogP contribution in [0.25, 0.3) is 77.9 Å². The summed E-state index contributed by atoms with van der Waals surface area (Å²) in [5.74, 6) is 0.584. The molecular formula is C49H32N2O2. The first-order valence-electron chi connectivity index (χ1n) is 17.8. The lowest BCUT2D eigenvalue weighted by Gasteiger charge is -2.26. The highest BCUT2D eigenvalue weighted by Gasteiger charge is 2.22. The van der Waals surface area contributed by atoms with Gasteiger partial charge in [-0.25, -0.2) is 4.98 Å². The van der Waals surface area contributed by atoms with Crippen LogP contribution in [0.1, 0.15) is 0 Å². The molecule has 0 fully saturated rings. The summed E-state index contributed by atoms with van der Waals surface area (Å²) in [6, 6.07) is 67.5. The van der Waals surface area contributed by atoms with E-state index in [0.717, 1.165) is 66.8 Å². The van der Waals surface area contributed by atoms with Gasteiger partial charge < -0.3 is 13.7 Å². The second kappa shape index (κ2) is 12.9. The van der Waals surface area contributed by atoms with Crippen molar-refractivity contribution in [2.24, 2.45) is 0 Å². The molecule has 4 nitrogen and oxygen atoms in total. The minimum atomic E-state index is 0.584. The van der Waals surface area contributed by atoms with Gasteiger partial charge in [-0.15, -0.1) is 0 Å². The summed E-state index contributed by atoms with van der Waals surface area (Å²) in [6.07, 6.45) is 0. The van der Waals surface area contributed by atoms with Gasteiger partial charge in [-0.3, -0.25) is 0 Å². The number of nitrogens with zero attached hydrogens (tertiary/aromatic N) is 2. The number of hydrogen-bond donors (Lipinski definition) is 0. The predicted molar refractivity (Wildman–Crippen MR) is 218 cm³/mol. The van der Waals surface area contributed by atoms with Crippen LogP contribution in [0, 0.1) is 0 Å². The molecule has 0 saturated heterocycles. The second-order valence-corrected chi connectivity index (χ2v) is 13.2. The molecule has 0 aliphatic carbocycles. The highest BCUT2D eigenvalue weighted by molar-refractivity contribution is 6.19. The van der Waals surface area contributed by atoms with E-state index in [1.807, 2.05) is 54.6 Å². The van der Waals surface area contributed by atoms with Crippen LogP contribution >= 0.6 is 0 Å². The predicted octanol–water partition coefficient (Wildman–Crippen LogP) is 13.9. The smallest absolute Gasteiger partial charge is 0.227 e. The summed E-state index contributed by atoms with van der Waals surface area (Å²) in [5.41, 5.74) is 14.0. The molecule has 10 rings (SSSR count). The number of oxazole rings is 1. The van der Waals surface area contributed by atoms with Crippen molar-refractivity contribution in [2.45, 2.75) is 0 Å². The van der Waals surface area contributed by atoms with E-state index < -0.39 is 0 Å². The second-order valence-electron chi connectivity index (χ2n) is 13.2. The fraction of sp³-hybridized carbons (Fsp3) is 0. The fourth-order valence-corrected chi connectivity index (χ4v) is 7.36. The van der Waals surface area contributed by atoms with Crippen LogP contribution in [0.5, 0.6) is 0 Å². The maximum Gasteiger partial charge on any atom is 0.227 e. The molecule has 10 aromatic rings. The summed E-state index contributed by atoms with van der Waals surface area (Å²) in [7, 11) is 0. The third-order valence-corrected chi connectivity index (χ3v) is 9.90. The maximum atomic E-state index is 6.60. The average Bonchev–Trinajstić information content (AvgIpc) is 3.83. The van der Waals surface area contributed by atoms with E-state index in [0.29, 0.717) is 5.89 Å². The number of anilines is 3. The number of aromatic nitrogens is 1. The average molecular weight is 681 g/mol. The molecule has 8 aromatic carbocycles. The van der Waals surface area contributed by atoms with E-state index in [4.69, 9.17) is 13.8 Å². The summed E-state index contributed by atoms with van der Waals surface area (Å²) in [6.45, 7) is 0. The van der Waals surface area contributed by atoms with E-state index in [1.165, 1.54) is 22.3 Å². The molecule has 2 heterocycles. The van der Waals surface area contributed by atoms with Gasteiger partial charge in [0, 0.05) is 45.0 Å². The van der Waals surface area contributed by atoms with Crippen LogP contribution in [0.4, 0.5) is 17.1 Å². The van der Waals surface area contributed by atoms with Crippen LogP contribution in [-0.2, 0) is 0 Å². The number of fused-ring (bicyclic) bond motifs is 4. The lowest BCUT2D eigenvalue weighted by atomic mass is 9.97. The molecule has 0 unspecified atom stereocenters. The van der Waals surface area contributed by atoms with Gasteiger partial charge in [0.15, 0.2) is 5.58 Å². The first kappa shape index (κ1) is 30.6. The normalized spacial score (nSPS) is 11.4. The molecular weight excluding hydrogens is 649 g/mol. The van der Waals surface area contributed by atoms with Crippen LogP contribution in [-0.4, -0.2) is 4.98 Å². The number of hydrogen-bond acceptors (Lipinski definition) is 4. The highest BCUT2D eigenvalue weighted by atomic mass is 16.4. The van der Waals surface area contributed by atoms with Crippen molar-refractivity contribution in [3.63, 3.8) is 0 Å². The Labute approximate surface area is 306 Å². The number of para-hydroxylation sites is 2. The molecule has 0 atom stereocenters. The lowest BCUT2D eigenvalue weighted by molar-refractivity contribution is 0.621. The Morgan fingerprint density at radius 3 is 1.58 bits per heavy atom. The summed E-state index contributed by atoms with van der Waals surface area (Å²) in [4.78, 5) is 7.22. The molecule has 53 heavy (non-hydrogen) atoms. The summed E-state index contributed by atoms with van der Waals surface area (Å²) < 4.78 is 13.0. The van der Waals surface area contributed by atoms with Gasteiger partial charge in [-0.2, -0.15) is 0 Å². The Morgan fingerprint density at radius 2 is 0.906 bits per heavy atom. The lowest BCUT2D eigenvalue weighted by Crippen LogP contribution is -2.09. The van der Waals surface area contributed by atoms with E-state index >= 15 is 0 Å². The number of benzene rings is 8. The molecule has 250 valence electrons. The molecule has 0 aliphatic heterocycles. The standard InChI is InChI=1S/C49H32N2O2/c1-4-13-33(14-5-1)37-17-12-18-38(31-37)34-23-27-40(28-24-34)51(39-19-8-3-9-20-39)41-29-25-35(26-30-41)46-47-42-21-10-11-22-44(42)52-45(47)32-43-48(46)53-49(50-43)36-15-6-2-7-16-36/h1-32H. The van der Waals surface area contributed by atoms with Crippen molar-refractivity contribution < 1.29 is 8.83 Å². The van der Waals surface area contributed by atoms with Crippen molar-refractivity contribution in [2.75, 3.05) is 4.90 Å². The first-order chi connectivity index (χ1) is 26.3. The largest absolute Gasteiger partial charge is 0.456 e. The summed E-state index contributed by atoms with van der Waals surface area (Å²) in [5, 5.41) is 2.06. The third-order valence-electron chi connectivity index (χ3n) is 9.90. The molecule has 0 spiro atoms. The molecule has 4 heteroatoms. The van der Waals surface area contributed by atoms with Crippen LogP contribution < -0.4 is 4.90 Å². The van der Waals surface area contributed by atoms with Crippen LogP contribution in [0.2, 0.25) is 0 Å². The van der Waals surface area contributed by atoms with Gasteiger partial charge in [-0.05, 0) is 88.5 Å². The Morgan fingerprint density at radius 1 is 0.377 bits per heavy atom. The number of rotatable bonds is 7. The van der Waals surface area contributed by atoms with Gasteiger partial charge >= 0.3 is 0 Å². The molecule has 0 aliphatic rings. The molecule has 0 N–H and O–H groups in total. The Hall–Kier alpha value is -7.17. The van der Waals surface area contributed by atoms with Crippen molar-refractivity contribution >= 4 is 50.1 Å². The zero-order valence-electron chi connectivity index (χ0n) is 28.7. The SMILES string of the molecule is c1ccc(-c2cccc(-c3ccc(N(c4ccccc4)c4ccc(-c5c6oc(-c7ccccc7)nc6cc6oc7ccccc7c56)cc4)cc3)c2)cc1. The minimum absolute atomic E-state index is 0.584. The summed E-state index contributed by atoms with van der Waals surface area (Å²) >= 11 is 0. The Balaban J connectivity index is 1.07. The van der Waals surface area contributed by atoms with Gasteiger partial charge in [0.1, 0.15) is 16.7 Å². The van der Waals surface area contributed by atoms with E-state index in [1.54, 1.807) is 0 Å². The highest BCUT2D eigenvalue weighted by Crippen LogP contribution is 2.44. The fourth-order valence-electron chi connectivity index (χ4n) is 7.36. The zero-order valence-corrected chi connectivity index (χ0v) is 28.7. The van der Waals surface area contributed by atoms with Crippen molar-refractivity contribution in [3.05, 3.63) is 194 Å². The monoisotopic (exact) mass is 680 g/mol. The Kier molecular flexibility index (Phi) is 7.43. The van der Waals surface area contributed by atoms with Gasteiger partial charge in [0.05, 0.1) is 0 Å². The van der Waals surface area contributed by atoms with Crippen LogP contribution in [0.3, 0.4) is 0 Å². The molecule has 0 bridgehead atoms. The van der Waals surface area contributed by atoms with Crippen molar-refractivity contribution in [1.29, 1.82) is 0 Å². The molecule has 2 aromatic heterocycles. The molecule has 0 saturated carbocycles. The van der Waals surface area contributed by atoms with Gasteiger partial charge in [0.2, 0.25) is 5.89 Å². The van der Waals surface area contributed by atoms with E-state index in [2.05, 4.69) is 144 Å². The first-order valence-corrected chi connectivity index (χ1v) is 17.8. The van der Waals surface area contributed by atoms with Crippen molar-refractivity contribution in [3.8, 4) is 44.8 Å². The topological polar surface area (TPSA) is 42.4 Å². The molecule has 0 radical (unpaired) electrons. The Bertz CT molecular complexity index is 2860. The van der Waals surface area contributed by atoms with Gasteiger partial charge in [-0.1, -0.05) is 127 Å². The van der Waals surface area contributed by atoms with E-state index in [9.17, 15) is 0 Å². The van der Waals surface area contributed by atoms with Crippen molar-refractivity contribution in [1.82, 2.24) is 4.98 Å². The molecule has 0 amide bonds. The minimum Gasteiger partial charge on any atom is -0.456 e. The maximum absolute atomic E-state index is 6.60. The third kappa shape index (κ3) is 5.54. The number of furan rings is 1. The zero-order chi connectivity index (χ0) is 35.1. The van der Waals surface area contributed by atoms with Gasteiger partial charge in [0.25, 0.3) is 0 Å².